The van der Waals surface area contributed by atoms with Crippen LogP contribution in [0.1, 0.15) is 5.56 Å². The molecular formula is C17H12BrN5. The van der Waals surface area contributed by atoms with Crippen molar-refractivity contribution in [2.75, 3.05) is 10.6 Å². The van der Waals surface area contributed by atoms with Crippen LogP contribution in [-0.2, 0) is 0 Å². The minimum Gasteiger partial charge on any atom is -0.339 e. The second-order valence-electron chi connectivity index (χ2n) is 4.68. The van der Waals surface area contributed by atoms with E-state index in [0.29, 0.717) is 22.9 Å². The van der Waals surface area contributed by atoms with E-state index in [4.69, 9.17) is 5.26 Å². The quantitative estimate of drug-likeness (QED) is 0.706. The first-order valence-corrected chi connectivity index (χ1v) is 7.65. The zero-order chi connectivity index (χ0) is 16.1. The highest BCUT2D eigenvalue weighted by atomic mass is 79.9. The third-order valence-electron chi connectivity index (χ3n) is 3.11. The Morgan fingerprint density at radius 1 is 0.870 bits per heavy atom. The summed E-state index contributed by atoms with van der Waals surface area (Å²) < 4.78 is 0.947. The van der Waals surface area contributed by atoms with Crippen LogP contribution in [0, 0.1) is 11.3 Å². The molecule has 2 aromatic carbocycles. The number of halogens is 1. The number of hydrogen-bond acceptors (Lipinski definition) is 5. The van der Waals surface area contributed by atoms with Gasteiger partial charge in [-0.25, -0.2) is 9.97 Å². The Kier molecular flexibility index (Phi) is 4.50. The van der Waals surface area contributed by atoms with E-state index in [1.165, 1.54) is 6.33 Å². The Bertz CT molecular complexity index is 873. The monoisotopic (exact) mass is 365 g/mol. The minimum atomic E-state index is 0.562. The summed E-state index contributed by atoms with van der Waals surface area (Å²) in [5, 5.41) is 15.5. The smallest absolute Gasteiger partial charge is 0.135 e. The van der Waals surface area contributed by atoms with Crippen molar-refractivity contribution in [1.29, 1.82) is 5.26 Å². The molecular weight excluding hydrogens is 354 g/mol. The van der Waals surface area contributed by atoms with Gasteiger partial charge in [-0.2, -0.15) is 5.26 Å². The van der Waals surface area contributed by atoms with Crippen molar-refractivity contribution in [1.82, 2.24) is 9.97 Å². The summed E-state index contributed by atoms with van der Waals surface area (Å²) in [7, 11) is 0. The molecule has 112 valence electrons. The number of nitrogens with one attached hydrogen (secondary N) is 2. The van der Waals surface area contributed by atoms with Crippen LogP contribution in [0.4, 0.5) is 23.0 Å². The van der Waals surface area contributed by atoms with E-state index in [1.807, 2.05) is 42.5 Å². The van der Waals surface area contributed by atoms with Gasteiger partial charge in [0.2, 0.25) is 0 Å². The molecule has 0 fully saturated rings. The summed E-state index contributed by atoms with van der Waals surface area (Å²) in [4.78, 5) is 8.40. The Labute approximate surface area is 142 Å². The van der Waals surface area contributed by atoms with Gasteiger partial charge in [0.25, 0.3) is 0 Å². The normalized spacial score (nSPS) is 9.91. The van der Waals surface area contributed by atoms with Crippen LogP contribution in [0.25, 0.3) is 0 Å². The average molecular weight is 366 g/mol. The van der Waals surface area contributed by atoms with Gasteiger partial charge < -0.3 is 10.6 Å². The fourth-order valence-corrected chi connectivity index (χ4v) is 2.41. The second kappa shape index (κ2) is 6.90. The predicted molar refractivity (Wildman–Crippen MR) is 93.9 cm³/mol. The summed E-state index contributed by atoms with van der Waals surface area (Å²) >= 11 is 3.49. The molecule has 3 rings (SSSR count). The van der Waals surface area contributed by atoms with Crippen LogP contribution in [-0.4, -0.2) is 9.97 Å². The zero-order valence-electron chi connectivity index (χ0n) is 12.0. The molecule has 0 aliphatic carbocycles. The van der Waals surface area contributed by atoms with Crippen LogP contribution in [0.2, 0.25) is 0 Å². The molecule has 0 amide bonds. The Morgan fingerprint density at radius 2 is 1.48 bits per heavy atom. The van der Waals surface area contributed by atoms with E-state index in [0.717, 1.165) is 10.2 Å². The van der Waals surface area contributed by atoms with Gasteiger partial charge in [0.05, 0.1) is 16.9 Å². The molecule has 0 saturated carbocycles. The van der Waals surface area contributed by atoms with Gasteiger partial charge in [0.1, 0.15) is 24.0 Å². The van der Waals surface area contributed by atoms with Crippen molar-refractivity contribution in [3.05, 3.63) is 71.0 Å². The van der Waals surface area contributed by atoms with Gasteiger partial charge in [-0.05, 0) is 40.2 Å². The van der Waals surface area contributed by atoms with Gasteiger partial charge in [-0.3, -0.25) is 0 Å². The summed E-state index contributed by atoms with van der Waals surface area (Å²) in [5.41, 5.74) is 2.18. The number of nitrogens with zero attached hydrogens (tertiary/aromatic N) is 3. The number of hydrogen-bond donors (Lipinski definition) is 2. The lowest BCUT2D eigenvalue weighted by molar-refractivity contribution is 1.16. The molecule has 1 aromatic heterocycles. The molecule has 0 bridgehead atoms. The molecule has 0 saturated heterocycles. The van der Waals surface area contributed by atoms with E-state index in [1.54, 1.807) is 12.1 Å². The SMILES string of the molecule is N#Cc1ccccc1Nc1cc(Nc2ccccc2Br)ncn1. The lowest BCUT2D eigenvalue weighted by atomic mass is 10.2. The minimum absolute atomic E-state index is 0.562. The Morgan fingerprint density at radius 3 is 2.17 bits per heavy atom. The third kappa shape index (κ3) is 3.65. The molecule has 3 aromatic rings. The van der Waals surface area contributed by atoms with Crippen LogP contribution in [0.5, 0.6) is 0 Å². The van der Waals surface area contributed by atoms with E-state index in [9.17, 15) is 0 Å². The summed E-state index contributed by atoms with van der Waals surface area (Å²) in [6.07, 6.45) is 1.47. The third-order valence-corrected chi connectivity index (χ3v) is 3.81. The molecule has 0 aliphatic rings. The lowest BCUT2D eigenvalue weighted by Crippen LogP contribution is -1.99. The number of para-hydroxylation sites is 2. The summed E-state index contributed by atoms with van der Waals surface area (Å²) in [6.45, 7) is 0. The first-order valence-electron chi connectivity index (χ1n) is 6.86. The van der Waals surface area contributed by atoms with Gasteiger partial charge >= 0.3 is 0 Å². The van der Waals surface area contributed by atoms with Crippen molar-refractivity contribution in [2.45, 2.75) is 0 Å². The maximum atomic E-state index is 9.14. The number of benzene rings is 2. The number of anilines is 4. The predicted octanol–water partition coefficient (Wildman–Crippen LogP) is 4.60. The van der Waals surface area contributed by atoms with Crippen LogP contribution < -0.4 is 10.6 Å². The van der Waals surface area contributed by atoms with Crippen molar-refractivity contribution in [3.8, 4) is 6.07 Å². The molecule has 1 heterocycles. The fraction of sp³-hybridized carbons (Fsp3) is 0. The van der Waals surface area contributed by atoms with Gasteiger partial charge in [-0.15, -0.1) is 0 Å². The second-order valence-corrected chi connectivity index (χ2v) is 5.53. The topological polar surface area (TPSA) is 73.6 Å². The van der Waals surface area contributed by atoms with Crippen molar-refractivity contribution in [3.63, 3.8) is 0 Å². The summed E-state index contributed by atoms with van der Waals surface area (Å²) in [5.74, 6) is 1.26. The zero-order valence-corrected chi connectivity index (χ0v) is 13.6. The molecule has 0 aliphatic heterocycles. The molecule has 0 unspecified atom stereocenters. The number of rotatable bonds is 4. The van der Waals surface area contributed by atoms with Gasteiger partial charge in [0.15, 0.2) is 0 Å². The molecule has 5 nitrogen and oxygen atoms in total. The summed E-state index contributed by atoms with van der Waals surface area (Å²) in [6, 6.07) is 19.0. The highest BCUT2D eigenvalue weighted by Gasteiger charge is 2.05. The number of aromatic nitrogens is 2. The lowest BCUT2D eigenvalue weighted by Gasteiger charge is -2.10. The first-order chi connectivity index (χ1) is 11.3. The Balaban J connectivity index is 1.83. The van der Waals surface area contributed by atoms with E-state index in [2.05, 4.69) is 42.6 Å². The van der Waals surface area contributed by atoms with Crippen molar-refractivity contribution in [2.24, 2.45) is 0 Å². The molecule has 0 atom stereocenters. The van der Waals surface area contributed by atoms with Gasteiger partial charge in [0, 0.05) is 10.5 Å². The highest BCUT2D eigenvalue weighted by molar-refractivity contribution is 9.10. The van der Waals surface area contributed by atoms with E-state index >= 15 is 0 Å². The van der Waals surface area contributed by atoms with E-state index < -0.39 is 0 Å². The van der Waals surface area contributed by atoms with Crippen molar-refractivity contribution >= 4 is 38.9 Å². The first kappa shape index (κ1) is 15.0. The average Bonchev–Trinajstić information content (AvgIpc) is 2.58. The Hall–Kier alpha value is -2.91. The van der Waals surface area contributed by atoms with Crippen molar-refractivity contribution < 1.29 is 0 Å². The molecule has 23 heavy (non-hydrogen) atoms. The van der Waals surface area contributed by atoms with E-state index in [-0.39, 0.29) is 0 Å². The van der Waals surface area contributed by atoms with Crippen LogP contribution in [0.3, 0.4) is 0 Å². The fourth-order valence-electron chi connectivity index (χ4n) is 2.02. The number of nitriles is 1. The molecule has 0 radical (unpaired) electrons. The molecule has 2 N–H and O–H groups in total. The van der Waals surface area contributed by atoms with Gasteiger partial charge in [-0.1, -0.05) is 24.3 Å². The maximum absolute atomic E-state index is 9.14. The molecule has 6 heteroatoms. The highest BCUT2D eigenvalue weighted by Crippen LogP contribution is 2.26. The largest absolute Gasteiger partial charge is 0.339 e. The maximum Gasteiger partial charge on any atom is 0.135 e. The molecule has 0 spiro atoms. The van der Waals surface area contributed by atoms with Crippen LogP contribution >= 0.6 is 15.9 Å². The van der Waals surface area contributed by atoms with Crippen LogP contribution in [0.15, 0.2) is 65.4 Å². The standard InChI is InChI=1S/C17H12BrN5/c18-13-6-2-4-8-15(13)23-17-9-16(20-11-21-17)22-14-7-3-1-5-12(14)10-19/h1-9,11H,(H2,20,21,22,23).